The zero-order chi connectivity index (χ0) is 26.3. The van der Waals surface area contributed by atoms with Crippen molar-refractivity contribution in [1.29, 1.82) is 5.26 Å². The first kappa shape index (κ1) is 26.3. The third-order valence-electron chi connectivity index (χ3n) is 5.63. The smallest absolute Gasteiger partial charge is 0.435 e. The first-order chi connectivity index (χ1) is 17.3. The minimum absolute atomic E-state index is 0.00171. The number of aromatic nitrogens is 3. The molecule has 14 nitrogen and oxygen atoms in total. The molecule has 3 rings (SSSR count). The first-order valence-electron chi connectivity index (χ1n) is 11.3. The standard InChI is InChI=1S/C22H27N5O9/c1-4-31-19(28)34-10-13-9-22(11-23,15-8-7-14-18(24)25-12-26-27(14)15)17(36-21(30)33-6-3)16(13)35-20(29)32-5-2/h7-8,12-13,16-17H,4-6,9-10H2,1-3H3,(H2,24,25,26)/t13-,16-,17-,22-/m1/s1. The SMILES string of the molecule is CCOC(=O)OC[C@H]1C[C@@](C#N)(c2ccc3c(N)ncnn23)[C@H](OC(=O)OCC)[C@@H]1OC(=O)OCC. The molecule has 1 aliphatic rings. The van der Waals surface area contributed by atoms with Crippen LogP contribution in [-0.2, 0) is 33.8 Å². The lowest BCUT2D eigenvalue weighted by molar-refractivity contribution is -0.0696. The van der Waals surface area contributed by atoms with Crippen LogP contribution in [0.25, 0.3) is 5.52 Å². The maximum atomic E-state index is 12.4. The second-order valence-electron chi connectivity index (χ2n) is 7.69. The van der Waals surface area contributed by atoms with Gasteiger partial charge in [0.05, 0.1) is 31.6 Å². The number of anilines is 1. The van der Waals surface area contributed by atoms with Crippen molar-refractivity contribution in [3.63, 3.8) is 0 Å². The minimum Gasteiger partial charge on any atom is -0.435 e. The Morgan fingerprint density at radius 1 is 1.06 bits per heavy atom. The van der Waals surface area contributed by atoms with Crippen molar-refractivity contribution < 1.29 is 42.8 Å². The van der Waals surface area contributed by atoms with E-state index in [0.717, 1.165) is 0 Å². The van der Waals surface area contributed by atoms with E-state index in [4.69, 9.17) is 34.2 Å². The predicted octanol–water partition coefficient (Wildman–Crippen LogP) is 2.35. The van der Waals surface area contributed by atoms with Crippen LogP contribution in [0.15, 0.2) is 18.5 Å². The molecule has 36 heavy (non-hydrogen) atoms. The molecule has 0 amide bonds. The van der Waals surface area contributed by atoms with Gasteiger partial charge >= 0.3 is 18.5 Å². The summed E-state index contributed by atoms with van der Waals surface area (Å²) < 4.78 is 32.3. The van der Waals surface area contributed by atoms with Crippen molar-refractivity contribution in [3.8, 4) is 6.07 Å². The van der Waals surface area contributed by atoms with Gasteiger partial charge in [0.15, 0.2) is 18.0 Å². The molecule has 2 aromatic rings. The number of fused-ring (bicyclic) bond motifs is 1. The number of nitriles is 1. The molecule has 1 aliphatic carbocycles. The summed E-state index contributed by atoms with van der Waals surface area (Å²) in [6.07, 6.45) is -4.58. The van der Waals surface area contributed by atoms with E-state index in [1.165, 1.54) is 10.8 Å². The highest BCUT2D eigenvalue weighted by Crippen LogP contribution is 2.48. The van der Waals surface area contributed by atoms with Gasteiger partial charge in [-0.1, -0.05) is 0 Å². The third kappa shape index (κ3) is 5.19. The van der Waals surface area contributed by atoms with Gasteiger partial charge in [-0.25, -0.2) is 23.9 Å². The van der Waals surface area contributed by atoms with Crippen LogP contribution >= 0.6 is 0 Å². The van der Waals surface area contributed by atoms with Crippen molar-refractivity contribution in [1.82, 2.24) is 14.6 Å². The van der Waals surface area contributed by atoms with E-state index in [2.05, 4.69) is 16.2 Å². The Bertz CT molecular complexity index is 1150. The lowest BCUT2D eigenvalue weighted by Crippen LogP contribution is -2.45. The number of hydrogen-bond donors (Lipinski definition) is 1. The van der Waals surface area contributed by atoms with E-state index >= 15 is 0 Å². The van der Waals surface area contributed by atoms with Crippen LogP contribution in [-0.4, -0.2) is 71.7 Å². The van der Waals surface area contributed by atoms with Crippen LogP contribution in [0.3, 0.4) is 0 Å². The molecule has 2 N–H and O–H groups in total. The van der Waals surface area contributed by atoms with Gasteiger partial charge < -0.3 is 34.2 Å². The second kappa shape index (κ2) is 11.4. The normalized spacial score (nSPS) is 22.9. The van der Waals surface area contributed by atoms with E-state index in [1.54, 1.807) is 32.9 Å². The predicted molar refractivity (Wildman–Crippen MR) is 120 cm³/mol. The molecule has 0 radical (unpaired) electrons. The summed E-state index contributed by atoms with van der Waals surface area (Å²) in [6.45, 7) is 4.56. The Labute approximate surface area is 206 Å². The van der Waals surface area contributed by atoms with Crippen molar-refractivity contribution in [2.24, 2.45) is 5.92 Å². The average molecular weight is 505 g/mol. The molecule has 2 aromatic heterocycles. The lowest BCUT2D eigenvalue weighted by atomic mass is 9.81. The van der Waals surface area contributed by atoms with Gasteiger partial charge in [-0.2, -0.15) is 10.4 Å². The van der Waals surface area contributed by atoms with Crippen LogP contribution in [0, 0.1) is 17.2 Å². The summed E-state index contributed by atoms with van der Waals surface area (Å²) in [5, 5.41) is 14.7. The van der Waals surface area contributed by atoms with Crippen molar-refractivity contribution in [2.75, 3.05) is 32.2 Å². The Kier molecular flexibility index (Phi) is 8.36. The maximum Gasteiger partial charge on any atom is 0.508 e. The average Bonchev–Trinajstić information content (AvgIpc) is 3.40. The molecule has 0 bridgehead atoms. The zero-order valence-electron chi connectivity index (χ0n) is 20.0. The lowest BCUT2D eigenvalue weighted by Gasteiger charge is -2.30. The fourth-order valence-electron chi connectivity index (χ4n) is 4.21. The fourth-order valence-corrected chi connectivity index (χ4v) is 4.21. The largest absolute Gasteiger partial charge is 0.508 e. The first-order valence-corrected chi connectivity index (χ1v) is 11.3. The Hall–Kier alpha value is -4.28. The van der Waals surface area contributed by atoms with E-state index in [-0.39, 0.29) is 38.7 Å². The molecule has 14 heteroatoms. The number of ether oxygens (including phenoxy) is 6. The number of rotatable bonds is 8. The molecule has 1 saturated carbocycles. The zero-order valence-corrected chi connectivity index (χ0v) is 20.0. The topological polar surface area (TPSA) is 187 Å². The summed E-state index contributed by atoms with van der Waals surface area (Å²) >= 11 is 0. The van der Waals surface area contributed by atoms with Gasteiger partial charge in [0.25, 0.3) is 0 Å². The molecule has 0 aliphatic heterocycles. The van der Waals surface area contributed by atoms with Gasteiger partial charge in [0.1, 0.15) is 23.9 Å². The van der Waals surface area contributed by atoms with Crippen LogP contribution in [0.4, 0.5) is 20.2 Å². The molecule has 194 valence electrons. The number of nitrogens with two attached hydrogens (primary N) is 1. The maximum absolute atomic E-state index is 12.4. The van der Waals surface area contributed by atoms with E-state index in [0.29, 0.717) is 11.2 Å². The molecule has 2 heterocycles. The highest BCUT2D eigenvalue weighted by atomic mass is 16.8. The molecule has 0 saturated heterocycles. The van der Waals surface area contributed by atoms with Crippen LogP contribution in [0.2, 0.25) is 0 Å². The minimum atomic E-state index is -1.63. The van der Waals surface area contributed by atoms with Crippen LogP contribution in [0.5, 0.6) is 0 Å². The van der Waals surface area contributed by atoms with E-state index < -0.39 is 42.0 Å². The van der Waals surface area contributed by atoms with Crippen LogP contribution < -0.4 is 5.73 Å². The molecule has 0 aromatic carbocycles. The summed E-state index contributed by atoms with van der Waals surface area (Å²) in [6, 6.07) is 5.40. The van der Waals surface area contributed by atoms with Crippen LogP contribution in [0.1, 0.15) is 32.9 Å². The van der Waals surface area contributed by atoms with Crippen molar-refractivity contribution in [3.05, 3.63) is 24.2 Å². The number of carbonyl (C=O) groups is 3. The fraction of sp³-hybridized carbons (Fsp3) is 0.545. The summed E-state index contributed by atoms with van der Waals surface area (Å²) in [5.41, 5.74) is 5.03. The van der Waals surface area contributed by atoms with Crippen molar-refractivity contribution >= 4 is 29.8 Å². The Morgan fingerprint density at radius 3 is 2.33 bits per heavy atom. The van der Waals surface area contributed by atoms with E-state index in [1.807, 2.05) is 0 Å². The summed E-state index contributed by atoms with van der Waals surface area (Å²) in [4.78, 5) is 40.5. The highest BCUT2D eigenvalue weighted by Gasteiger charge is 2.61. The van der Waals surface area contributed by atoms with Gasteiger partial charge in [0.2, 0.25) is 0 Å². The summed E-state index contributed by atoms with van der Waals surface area (Å²) in [7, 11) is 0. The van der Waals surface area contributed by atoms with Gasteiger partial charge in [0, 0.05) is 5.92 Å². The second-order valence-corrected chi connectivity index (χ2v) is 7.69. The third-order valence-corrected chi connectivity index (χ3v) is 5.63. The van der Waals surface area contributed by atoms with Gasteiger partial charge in [-0.05, 0) is 39.3 Å². The summed E-state index contributed by atoms with van der Waals surface area (Å²) in [5.74, 6) is -0.644. The number of carbonyl (C=O) groups excluding carboxylic acids is 3. The number of nitrogen functional groups attached to an aromatic ring is 1. The highest BCUT2D eigenvalue weighted by molar-refractivity contribution is 5.67. The molecular weight excluding hydrogens is 478 g/mol. The molecule has 4 atom stereocenters. The van der Waals surface area contributed by atoms with Crippen molar-refractivity contribution in [2.45, 2.75) is 44.8 Å². The molecular formula is C22H27N5O9. The van der Waals surface area contributed by atoms with Gasteiger partial charge in [-0.15, -0.1) is 0 Å². The molecule has 0 spiro atoms. The molecule has 0 unspecified atom stereocenters. The quantitative estimate of drug-likeness (QED) is 0.407. The Morgan fingerprint density at radius 2 is 1.69 bits per heavy atom. The monoisotopic (exact) mass is 505 g/mol. The number of nitrogens with zero attached hydrogens (tertiary/aromatic N) is 4. The number of hydrogen-bond acceptors (Lipinski definition) is 13. The Balaban J connectivity index is 2.11. The molecule has 1 fully saturated rings. The van der Waals surface area contributed by atoms with Gasteiger partial charge in [-0.3, -0.25) is 0 Å². The van der Waals surface area contributed by atoms with E-state index in [9.17, 15) is 19.6 Å².